The van der Waals surface area contributed by atoms with Gasteiger partial charge in [-0.2, -0.15) is 0 Å². The van der Waals surface area contributed by atoms with E-state index in [1.807, 2.05) is 11.0 Å². The monoisotopic (exact) mass is 413 g/mol. The number of carbonyl (C=O) groups excluding carboxylic acids is 2. The van der Waals surface area contributed by atoms with Crippen molar-refractivity contribution in [2.45, 2.75) is 12.8 Å². The fourth-order valence-electron chi connectivity index (χ4n) is 3.52. The van der Waals surface area contributed by atoms with Crippen molar-refractivity contribution in [3.05, 3.63) is 29.3 Å². The summed E-state index contributed by atoms with van der Waals surface area (Å²) < 4.78 is 23.0. The summed E-state index contributed by atoms with van der Waals surface area (Å²) in [5.74, 6) is 0.137. The van der Waals surface area contributed by atoms with Gasteiger partial charge in [-0.15, -0.1) is 0 Å². The van der Waals surface area contributed by atoms with Crippen molar-refractivity contribution in [2.24, 2.45) is 5.92 Å². The number of piperazine rings is 1. The zero-order valence-electron chi connectivity index (χ0n) is 15.1. The predicted molar refractivity (Wildman–Crippen MR) is 104 cm³/mol. The highest BCUT2D eigenvalue weighted by atomic mass is 35.5. The fourth-order valence-corrected chi connectivity index (χ4v) is 5.56. The minimum Gasteiger partial charge on any atom is -0.340 e. The molecule has 2 amide bonds. The van der Waals surface area contributed by atoms with Crippen LogP contribution < -0.4 is 5.32 Å². The minimum absolute atomic E-state index is 0.0114. The Morgan fingerprint density at radius 1 is 1.15 bits per heavy atom. The van der Waals surface area contributed by atoms with Gasteiger partial charge < -0.3 is 10.2 Å². The van der Waals surface area contributed by atoms with E-state index in [1.165, 1.54) is 0 Å². The molecule has 1 atom stereocenters. The summed E-state index contributed by atoms with van der Waals surface area (Å²) in [6.45, 7) is 2.58. The SMILES string of the molecule is O=C(CN1CCN(C(=O)C[C@@H]2CCS(=O)(=O)C2)CC1)Nc1ccccc1Cl. The van der Waals surface area contributed by atoms with E-state index in [9.17, 15) is 18.0 Å². The maximum absolute atomic E-state index is 12.4. The van der Waals surface area contributed by atoms with Gasteiger partial charge in [-0.3, -0.25) is 14.5 Å². The molecule has 27 heavy (non-hydrogen) atoms. The van der Waals surface area contributed by atoms with Crippen molar-refractivity contribution in [3.8, 4) is 0 Å². The van der Waals surface area contributed by atoms with Crippen LogP contribution in [0.3, 0.4) is 0 Å². The summed E-state index contributed by atoms with van der Waals surface area (Å²) in [4.78, 5) is 28.3. The molecule has 7 nitrogen and oxygen atoms in total. The van der Waals surface area contributed by atoms with E-state index >= 15 is 0 Å². The molecule has 2 aliphatic heterocycles. The Morgan fingerprint density at radius 2 is 1.85 bits per heavy atom. The van der Waals surface area contributed by atoms with Crippen LogP contribution in [0.2, 0.25) is 5.02 Å². The number of anilines is 1. The van der Waals surface area contributed by atoms with Crippen LogP contribution in [-0.2, 0) is 19.4 Å². The second-order valence-electron chi connectivity index (χ2n) is 7.16. The Morgan fingerprint density at radius 3 is 2.48 bits per heavy atom. The van der Waals surface area contributed by atoms with Crippen molar-refractivity contribution in [3.63, 3.8) is 0 Å². The summed E-state index contributed by atoms with van der Waals surface area (Å²) in [6.07, 6.45) is 0.877. The van der Waals surface area contributed by atoms with Crippen LogP contribution in [0.4, 0.5) is 5.69 Å². The number of benzene rings is 1. The van der Waals surface area contributed by atoms with Gasteiger partial charge in [0.25, 0.3) is 0 Å². The number of rotatable bonds is 5. The van der Waals surface area contributed by atoms with Gasteiger partial charge >= 0.3 is 0 Å². The standard InChI is InChI=1S/C18H24ClN3O4S/c19-15-3-1-2-4-16(15)20-17(23)12-21-6-8-22(9-7-21)18(24)11-14-5-10-27(25,26)13-14/h1-4,14H,5-13H2,(H,20,23)/t14-/m0/s1. The summed E-state index contributed by atoms with van der Waals surface area (Å²) in [5.41, 5.74) is 0.587. The normalized spacial score (nSPS) is 22.6. The molecule has 0 aliphatic carbocycles. The number of sulfone groups is 1. The topological polar surface area (TPSA) is 86.8 Å². The molecule has 0 radical (unpaired) electrons. The van der Waals surface area contributed by atoms with Gasteiger partial charge in [0.15, 0.2) is 9.84 Å². The first-order valence-corrected chi connectivity index (χ1v) is 11.3. The fraction of sp³-hybridized carbons (Fsp3) is 0.556. The minimum atomic E-state index is -2.96. The number of hydrogen-bond donors (Lipinski definition) is 1. The lowest BCUT2D eigenvalue weighted by molar-refractivity contribution is -0.133. The Kier molecular flexibility index (Phi) is 6.39. The molecule has 0 aromatic heterocycles. The van der Waals surface area contributed by atoms with Crippen molar-refractivity contribution >= 4 is 38.9 Å². The van der Waals surface area contributed by atoms with E-state index in [4.69, 9.17) is 11.6 Å². The van der Waals surface area contributed by atoms with E-state index in [2.05, 4.69) is 5.32 Å². The van der Waals surface area contributed by atoms with Crippen molar-refractivity contribution in [1.29, 1.82) is 0 Å². The Labute approximate surface area is 164 Å². The van der Waals surface area contributed by atoms with Crippen LogP contribution in [0, 0.1) is 5.92 Å². The first-order valence-electron chi connectivity index (χ1n) is 9.07. The lowest BCUT2D eigenvalue weighted by Gasteiger charge is -2.34. The summed E-state index contributed by atoms with van der Waals surface area (Å²) in [5, 5.41) is 3.29. The van der Waals surface area contributed by atoms with Crippen LogP contribution in [0.5, 0.6) is 0 Å². The van der Waals surface area contributed by atoms with E-state index in [1.54, 1.807) is 23.1 Å². The number of nitrogens with one attached hydrogen (secondary N) is 1. The maximum Gasteiger partial charge on any atom is 0.238 e. The molecule has 2 fully saturated rings. The van der Waals surface area contributed by atoms with Gasteiger partial charge in [-0.1, -0.05) is 23.7 Å². The molecular formula is C18H24ClN3O4S. The highest BCUT2D eigenvalue weighted by Crippen LogP contribution is 2.23. The molecular weight excluding hydrogens is 390 g/mol. The predicted octanol–water partition coefficient (Wildman–Crippen LogP) is 1.25. The Bertz CT molecular complexity index is 807. The van der Waals surface area contributed by atoms with E-state index in [0.29, 0.717) is 49.7 Å². The molecule has 2 saturated heterocycles. The lowest BCUT2D eigenvalue weighted by Crippen LogP contribution is -2.50. The lowest BCUT2D eigenvalue weighted by atomic mass is 10.0. The van der Waals surface area contributed by atoms with Gasteiger partial charge in [-0.25, -0.2) is 8.42 Å². The third-order valence-electron chi connectivity index (χ3n) is 5.03. The van der Waals surface area contributed by atoms with Crippen molar-refractivity contribution in [2.75, 3.05) is 49.5 Å². The number of carbonyl (C=O) groups is 2. The van der Waals surface area contributed by atoms with Crippen LogP contribution >= 0.6 is 11.6 Å². The molecule has 0 bridgehead atoms. The second kappa shape index (κ2) is 8.58. The first kappa shape index (κ1) is 20.1. The maximum atomic E-state index is 12.4. The molecule has 1 N–H and O–H groups in total. The third-order valence-corrected chi connectivity index (χ3v) is 7.20. The summed E-state index contributed by atoms with van der Waals surface area (Å²) >= 11 is 6.04. The largest absolute Gasteiger partial charge is 0.340 e. The van der Waals surface area contributed by atoms with E-state index < -0.39 is 9.84 Å². The van der Waals surface area contributed by atoms with Crippen LogP contribution in [0.1, 0.15) is 12.8 Å². The van der Waals surface area contributed by atoms with Gasteiger partial charge in [0.1, 0.15) is 0 Å². The number of para-hydroxylation sites is 1. The molecule has 2 heterocycles. The molecule has 148 valence electrons. The zero-order valence-corrected chi connectivity index (χ0v) is 16.6. The average molecular weight is 414 g/mol. The number of halogens is 1. The first-order chi connectivity index (χ1) is 12.8. The van der Waals surface area contributed by atoms with Crippen LogP contribution in [0.25, 0.3) is 0 Å². The number of amides is 2. The Hall–Kier alpha value is -1.64. The average Bonchev–Trinajstić information content (AvgIpc) is 2.96. The second-order valence-corrected chi connectivity index (χ2v) is 9.79. The van der Waals surface area contributed by atoms with Crippen LogP contribution in [0.15, 0.2) is 24.3 Å². The molecule has 0 saturated carbocycles. The van der Waals surface area contributed by atoms with Gasteiger partial charge in [-0.05, 0) is 24.5 Å². The molecule has 1 aromatic carbocycles. The van der Waals surface area contributed by atoms with E-state index in [-0.39, 0.29) is 35.8 Å². The third kappa shape index (κ3) is 5.67. The smallest absolute Gasteiger partial charge is 0.238 e. The van der Waals surface area contributed by atoms with Gasteiger partial charge in [0.2, 0.25) is 11.8 Å². The highest BCUT2D eigenvalue weighted by molar-refractivity contribution is 7.91. The summed E-state index contributed by atoms with van der Waals surface area (Å²) in [7, 11) is -2.96. The molecule has 9 heteroatoms. The van der Waals surface area contributed by atoms with Gasteiger partial charge in [0, 0.05) is 32.6 Å². The zero-order chi connectivity index (χ0) is 19.4. The molecule has 0 unspecified atom stereocenters. The number of nitrogens with zero attached hydrogens (tertiary/aromatic N) is 2. The van der Waals surface area contributed by atoms with Crippen molar-refractivity contribution < 1.29 is 18.0 Å². The van der Waals surface area contributed by atoms with E-state index in [0.717, 1.165) is 0 Å². The Balaban J connectivity index is 1.41. The van der Waals surface area contributed by atoms with Gasteiger partial charge in [0.05, 0.1) is 28.8 Å². The molecule has 1 aromatic rings. The summed E-state index contributed by atoms with van der Waals surface area (Å²) in [6, 6.07) is 7.08. The molecule has 0 spiro atoms. The molecule has 2 aliphatic rings. The van der Waals surface area contributed by atoms with Crippen LogP contribution in [-0.4, -0.2) is 74.3 Å². The highest BCUT2D eigenvalue weighted by Gasteiger charge is 2.31. The number of hydrogen-bond acceptors (Lipinski definition) is 5. The quantitative estimate of drug-likeness (QED) is 0.785. The molecule has 3 rings (SSSR count). The van der Waals surface area contributed by atoms with Crippen molar-refractivity contribution in [1.82, 2.24) is 9.80 Å².